The molecule has 11 nitrogen and oxygen atoms in total. The number of aromatic nitrogens is 3. The Morgan fingerprint density at radius 3 is 2.59 bits per heavy atom. The van der Waals surface area contributed by atoms with Crippen LogP contribution in [-0.4, -0.2) is 26.0 Å². The number of nitrogens with two attached hydrogens (primary N) is 1. The first-order chi connectivity index (χ1) is 16.4. The van der Waals surface area contributed by atoms with Gasteiger partial charge in [0.1, 0.15) is 16.9 Å². The number of rotatable bonds is 7. The number of pyridine rings is 1. The van der Waals surface area contributed by atoms with E-state index in [-0.39, 0.29) is 40.1 Å². The third kappa shape index (κ3) is 5.00. The van der Waals surface area contributed by atoms with Crippen molar-refractivity contribution in [3.8, 4) is 17.5 Å². The van der Waals surface area contributed by atoms with Crippen molar-refractivity contribution in [2.45, 2.75) is 10.8 Å². The molecule has 0 aliphatic carbocycles. The van der Waals surface area contributed by atoms with E-state index in [0.717, 1.165) is 11.8 Å². The molecule has 0 spiro atoms. The fourth-order valence-corrected chi connectivity index (χ4v) is 3.70. The molecular formula is C22H15N7O4S. The zero-order valence-electron chi connectivity index (χ0n) is 17.3. The van der Waals surface area contributed by atoms with Crippen LogP contribution in [0.3, 0.4) is 0 Å². The number of nitrogens with one attached hydrogen (secondary N) is 1. The summed E-state index contributed by atoms with van der Waals surface area (Å²) in [4.78, 5) is 31.3. The van der Waals surface area contributed by atoms with Crippen LogP contribution in [0.25, 0.3) is 11.4 Å². The molecule has 0 radical (unpaired) electrons. The van der Waals surface area contributed by atoms with Crippen LogP contribution in [0.1, 0.15) is 21.8 Å². The van der Waals surface area contributed by atoms with E-state index in [1.54, 1.807) is 24.3 Å². The lowest BCUT2D eigenvalue weighted by atomic mass is 10.2. The first-order valence-corrected chi connectivity index (χ1v) is 10.7. The number of nitriles is 1. The summed E-state index contributed by atoms with van der Waals surface area (Å²) in [6.45, 7) is 0. The number of nitrogen functional groups attached to an aromatic ring is 1. The van der Waals surface area contributed by atoms with Gasteiger partial charge in [-0.25, -0.2) is 4.98 Å². The molecule has 0 aliphatic heterocycles. The highest BCUT2D eigenvalue weighted by Crippen LogP contribution is 2.28. The third-order valence-corrected chi connectivity index (χ3v) is 5.53. The van der Waals surface area contributed by atoms with Crippen LogP contribution in [0, 0.1) is 21.4 Å². The molecule has 0 fully saturated rings. The average Bonchev–Trinajstić information content (AvgIpc) is 3.32. The molecule has 2 aromatic heterocycles. The summed E-state index contributed by atoms with van der Waals surface area (Å²) >= 11 is 1.15. The second-order valence-electron chi connectivity index (χ2n) is 6.81. The molecule has 0 bridgehead atoms. The largest absolute Gasteiger partial charge is 0.383 e. The zero-order chi connectivity index (χ0) is 24.1. The van der Waals surface area contributed by atoms with Crippen molar-refractivity contribution in [2.75, 3.05) is 11.1 Å². The normalized spacial score (nSPS) is 10.4. The smallest absolute Gasteiger partial charge is 0.269 e. The molecule has 2 aromatic carbocycles. The van der Waals surface area contributed by atoms with Crippen LogP contribution in [0.15, 0.2) is 70.2 Å². The Morgan fingerprint density at radius 1 is 1.18 bits per heavy atom. The van der Waals surface area contributed by atoms with Crippen molar-refractivity contribution < 1.29 is 14.2 Å². The molecule has 4 aromatic rings. The van der Waals surface area contributed by atoms with Gasteiger partial charge in [-0.05, 0) is 30.3 Å². The number of anilines is 2. The van der Waals surface area contributed by atoms with Crippen molar-refractivity contribution in [1.82, 2.24) is 15.1 Å². The van der Waals surface area contributed by atoms with Gasteiger partial charge in [0.05, 0.1) is 21.8 Å². The van der Waals surface area contributed by atoms with Gasteiger partial charge in [-0.2, -0.15) is 10.2 Å². The minimum Gasteiger partial charge on any atom is -0.383 e. The van der Waals surface area contributed by atoms with Crippen molar-refractivity contribution in [2.24, 2.45) is 0 Å². The highest BCUT2D eigenvalue weighted by atomic mass is 32.2. The zero-order valence-corrected chi connectivity index (χ0v) is 18.2. The highest BCUT2D eigenvalue weighted by molar-refractivity contribution is 7.98. The van der Waals surface area contributed by atoms with E-state index >= 15 is 0 Å². The van der Waals surface area contributed by atoms with E-state index in [9.17, 15) is 20.2 Å². The summed E-state index contributed by atoms with van der Waals surface area (Å²) < 4.78 is 5.23. The van der Waals surface area contributed by atoms with E-state index in [4.69, 9.17) is 10.3 Å². The SMILES string of the molecule is N#Cc1cc(C(=O)Nc2ccccc2)c(N)nc1SCc1nc(-c2ccc([N+](=O)[O-])cc2)no1. The maximum atomic E-state index is 12.6. The van der Waals surface area contributed by atoms with Crippen molar-refractivity contribution in [3.63, 3.8) is 0 Å². The topological polar surface area (TPSA) is 174 Å². The van der Waals surface area contributed by atoms with Crippen LogP contribution in [0.4, 0.5) is 17.2 Å². The quantitative estimate of drug-likeness (QED) is 0.226. The van der Waals surface area contributed by atoms with Crippen LogP contribution >= 0.6 is 11.8 Å². The van der Waals surface area contributed by atoms with Crippen LogP contribution in [0.5, 0.6) is 0 Å². The number of benzene rings is 2. The molecule has 0 unspecified atom stereocenters. The van der Waals surface area contributed by atoms with Crippen LogP contribution < -0.4 is 11.1 Å². The summed E-state index contributed by atoms with van der Waals surface area (Å²) in [6, 6.07) is 18.0. The van der Waals surface area contributed by atoms with E-state index in [2.05, 4.69) is 20.4 Å². The molecule has 0 saturated heterocycles. The van der Waals surface area contributed by atoms with E-state index in [1.165, 1.54) is 30.3 Å². The summed E-state index contributed by atoms with van der Waals surface area (Å²) in [5.41, 5.74) is 7.35. The lowest BCUT2D eigenvalue weighted by Gasteiger charge is -2.09. The maximum absolute atomic E-state index is 12.6. The van der Waals surface area contributed by atoms with Gasteiger partial charge in [-0.15, -0.1) is 0 Å². The maximum Gasteiger partial charge on any atom is 0.269 e. The second kappa shape index (κ2) is 9.80. The number of carbonyl (C=O) groups excluding carboxylic acids is 1. The van der Waals surface area contributed by atoms with E-state index in [1.807, 2.05) is 12.1 Å². The van der Waals surface area contributed by atoms with Gasteiger partial charge in [0.25, 0.3) is 11.6 Å². The van der Waals surface area contributed by atoms with Gasteiger partial charge in [0.2, 0.25) is 11.7 Å². The Kier molecular flexibility index (Phi) is 6.47. The van der Waals surface area contributed by atoms with Crippen molar-refractivity contribution >= 4 is 34.9 Å². The number of non-ortho nitro benzene ring substituents is 1. The molecule has 3 N–H and O–H groups in total. The lowest BCUT2D eigenvalue weighted by molar-refractivity contribution is -0.384. The van der Waals surface area contributed by atoms with Crippen molar-refractivity contribution in [3.05, 3.63) is 87.8 Å². The fourth-order valence-electron chi connectivity index (χ4n) is 2.89. The third-order valence-electron chi connectivity index (χ3n) is 4.55. The summed E-state index contributed by atoms with van der Waals surface area (Å²) in [6.07, 6.45) is 0. The fraction of sp³-hybridized carbons (Fsp3) is 0.0455. The number of hydrogen-bond donors (Lipinski definition) is 2. The van der Waals surface area contributed by atoms with Crippen molar-refractivity contribution in [1.29, 1.82) is 5.26 Å². The van der Waals surface area contributed by atoms with Gasteiger partial charge in [-0.1, -0.05) is 35.1 Å². The number of amides is 1. The molecule has 34 heavy (non-hydrogen) atoms. The van der Waals surface area contributed by atoms with Gasteiger partial charge < -0.3 is 15.6 Å². The van der Waals surface area contributed by atoms with Crippen LogP contribution in [-0.2, 0) is 5.75 Å². The molecule has 2 heterocycles. The summed E-state index contributed by atoms with van der Waals surface area (Å²) in [5.74, 6) is 0.220. The van der Waals surface area contributed by atoms with E-state index in [0.29, 0.717) is 16.3 Å². The van der Waals surface area contributed by atoms with Gasteiger partial charge in [-0.3, -0.25) is 14.9 Å². The minimum absolute atomic E-state index is 0.0213. The summed E-state index contributed by atoms with van der Waals surface area (Å²) in [5, 5.41) is 27.2. The predicted molar refractivity (Wildman–Crippen MR) is 124 cm³/mol. The molecule has 0 saturated carbocycles. The Balaban J connectivity index is 1.47. The van der Waals surface area contributed by atoms with E-state index < -0.39 is 10.8 Å². The number of para-hydroxylation sites is 1. The number of nitrogens with zero attached hydrogens (tertiary/aromatic N) is 5. The Bertz CT molecular complexity index is 1400. The monoisotopic (exact) mass is 473 g/mol. The Labute approximate surface area is 196 Å². The number of hydrogen-bond acceptors (Lipinski definition) is 10. The lowest BCUT2D eigenvalue weighted by Crippen LogP contribution is -2.15. The Hall–Kier alpha value is -4.76. The van der Waals surface area contributed by atoms with Gasteiger partial charge in [0.15, 0.2) is 0 Å². The summed E-state index contributed by atoms with van der Waals surface area (Å²) in [7, 11) is 0. The molecular weight excluding hydrogens is 458 g/mol. The van der Waals surface area contributed by atoms with Crippen LogP contribution in [0.2, 0.25) is 0 Å². The Morgan fingerprint density at radius 2 is 1.91 bits per heavy atom. The molecule has 0 atom stereocenters. The standard InChI is InChI=1S/C22H15N7O4S/c23-11-14-10-17(21(30)25-15-4-2-1-3-5-15)19(24)27-22(14)34-12-18-26-20(28-33-18)13-6-8-16(9-7-13)29(31)32/h1-10H,12H2,(H2,24,27)(H,25,30). The highest BCUT2D eigenvalue weighted by Gasteiger charge is 2.18. The van der Waals surface area contributed by atoms with Gasteiger partial charge in [0, 0.05) is 23.4 Å². The van der Waals surface area contributed by atoms with Gasteiger partial charge >= 0.3 is 0 Å². The molecule has 1 amide bonds. The first kappa shape index (κ1) is 22.4. The molecule has 0 aliphatic rings. The number of carbonyl (C=O) groups is 1. The molecule has 168 valence electrons. The second-order valence-corrected chi connectivity index (χ2v) is 7.77. The number of nitro groups is 1. The predicted octanol–water partition coefficient (Wildman–Crippen LogP) is 4.04. The number of nitro benzene ring substituents is 1. The first-order valence-electron chi connectivity index (χ1n) is 9.72. The number of thioether (sulfide) groups is 1. The molecule has 12 heteroatoms. The average molecular weight is 473 g/mol. The molecule has 4 rings (SSSR count). The minimum atomic E-state index is -0.496.